The lowest BCUT2D eigenvalue weighted by Gasteiger charge is -2.34. The van der Waals surface area contributed by atoms with Crippen molar-refractivity contribution >= 4 is 23.2 Å². The SMILES string of the molecule is C[C@@H]1CN(CC(=O)Nc2cccc3c2C(=O)c2ccccc2C3=O)C[C@H](C)O1. The molecule has 4 rings (SSSR count). The lowest BCUT2D eigenvalue weighted by Crippen LogP contribution is -2.48. The Labute approximate surface area is 163 Å². The highest BCUT2D eigenvalue weighted by molar-refractivity contribution is 6.30. The van der Waals surface area contributed by atoms with E-state index in [2.05, 4.69) is 5.32 Å². The summed E-state index contributed by atoms with van der Waals surface area (Å²) in [7, 11) is 0. The Morgan fingerprint density at radius 2 is 1.57 bits per heavy atom. The number of ether oxygens (including phenoxy) is 1. The van der Waals surface area contributed by atoms with Crippen LogP contribution in [0, 0.1) is 0 Å². The average molecular weight is 378 g/mol. The lowest BCUT2D eigenvalue weighted by atomic mass is 9.83. The van der Waals surface area contributed by atoms with E-state index in [4.69, 9.17) is 4.74 Å². The van der Waals surface area contributed by atoms with Gasteiger partial charge < -0.3 is 10.1 Å². The summed E-state index contributed by atoms with van der Waals surface area (Å²) in [6.07, 6.45) is 0.133. The molecule has 0 saturated carbocycles. The monoisotopic (exact) mass is 378 g/mol. The second-order valence-electron chi connectivity index (χ2n) is 7.43. The molecule has 0 bridgehead atoms. The molecule has 1 amide bonds. The van der Waals surface area contributed by atoms with Crippen LogP contribution in [-0.2, 0) is 9.53 Å². The molecule has 1 N–H and O–H groups in total. The van der Waals surface area contributed by atoms with Crippen LogP contribution in [0.15, 0.2) is 42.5 Å². The van der Waals surface area contributed by atoms with Gasteiger partial charge in [0.1, 0.15) is 0 Å². The van der Waals surface area contributed by atoms with Crippen LogP contribution in [0.2, 0.25) is 0 Å². The number of carbonyl (C=O) groups excluding carboxylic acids is 3. The van der Waals surface area contributed by atoms with E-state index in [1.54, 1.807) is 42.5 Å². The molecule has 1 fully saturated rings. The van der Waals surface area contributed by atoms with Gasteiger partial charge in [-0.25, -0.2) is 0 Å². The number of carbonyl (C=O) groups is 3. The zero-order valence-electron chi connectivity index (χ0n) is 15.9. The molecular formula is C22H22N2O4. The van der Waals surface area contributed by atoms with E-state index in [9.17, 15) is 14.4 Å². The van der Waals surface area contributed by atoms with Crippen molar-refractivity contribution in [1.29, 1.82) is 0 Å². The smallest absolute Gasteiger partial charge is 0.238 e. The topological polar surface area (TPSA) is 75.7 Å². The summed E-state index contributed by atoms with van der Waals surface area (Å²) in [5.41, 5.74) is 1.75. The number of hydrogen-bond acceptors (Lipinski definition) is 5. The van der Waals surface area contributed by atoms with Crippen molar-refractivity contribution in [2.75, 3.05) is 25.0 Å². The molecule has 1 aliphatic carbocycles. The molecule has 144 valence electrons. The molecule has 0 unspecified atom stereocenters. The van der Waals surface area contributed by atoms with Crippen LogP contribution in [0.4, 0.5) is 5.69 Å². The highest BCUT2D eigenvalue weighted by Crippen LogP contribution is 2.31. The zero-order chi connectivity index (χ0) is 19.8. The lowest BCUT2D eigenvalue weighted by molar-refractivity contribution is -0.121. The number of benzene rings is 2. The third-order valence-electron chi connectivity index (χ3n) is 5.09. The molecule has 6 nitrogen and oxygen atoms in total. The average Bonchev–Trinajstić information content (AvgIpc) is 2.65. The minimum Gasteiger partial charge on any atom is -0.373 e. The van der Waals surface area contributed by atoms with Gasteiger partial charge in [0.15, 0.2) is 11.6 Å². The largest absolute Gasteiger partial charge is 0.373 e. The number of fused-ring (bicyclic) bond motifs is 2. The van der Waals surface area contributed by atoms with Crippen molar-refractivity contribution in [2.24, 2.45) is 0 Å². The Bertz CT molecular complexity index is 959. The normalized spacial score (nSPS) is 21.8. The van der Waals surface area contributed by atoms with Gasteiger partial charge >= 0.3 is 0 Å². The molecule has 6 heteroatoms. The van der Waals surface area contributed by atoms with E-state index in [1.165, 1.54) is 0 Å². The maximum absolute atomic E-state index is 13.0. The fourth-order valence-electron chi connectivity index (χ4n) is 4.06. The van der Waals surface area contributed by atoms with Crippen molar-refractivity contribution in [1.82, 2.24) is 4.90 Å². The van der Waals surface area contributed by atoms with Crippen molar-refractivity contribution in [3.8, 4) is 0 Å². The summed E-state index contributed by atoms with van der Waals surface area (Å²) < 4.78 is 5.69. The zero-order valence-corrected chi connectivity index (χ0v) is 15.9. The van der Waals surface area contributed by atoms with Gasteiger partial charge in [0.05, 0.1) is 30.0 Å². The van der Waals surface area contributed by atoms with Gasteiger partial charge in [-0.1, -0.05) is 36.4 Å². The van der Waals surface area contributed by atoms with Crippen LogP contribution >= 0.6 is 0 Å². The minimum absolute atomic E-state index is 0.0664. The molecule has 28 heavy (non-hydrogen) atoms. The van der Waals surface area contributed by atoms with Crippen molar-refractivity contribution < 1.29 is 19.1 Å². The van der Waals surface area contributed by atoms with E-state index in [0.29, 0.717) is 35.5 Å². The predicted octanol–water partition coefficient (Wildman–Crippen LogP) is 2.51. The molecule has 2 aliphatic rings. The third kappa shape index (κ3) is 3.37. The molecule has 1 aliphatic heterocycles. The van der Waals surface area contributed by atoms with Gasteiger partial charge in [0.25, 0.3) is 0 Å². The van der Waals surface area contributed by atoms with Crippen LogP contribution in [0.3, 0.4) is 0 Å². The second-order valence-corrected chi connectivity index (χ2v) is 7.43. The van der Waals surface area contributed by atoms with Crippen LogP contribution in [0.5, 0.6) is 0 Å². The van der Waals surface area contributed by atoms with Gasteiger partial charge in [-0.3, -0.25) is 19.3 Å². The Morgan fingerprint density at radius 1 is 0.964 bits per heavy atom. The van der Waals surface area contributed by atoms with E-state index >= 15 is 0 Å². The molecule has 2 aromatic carbocycles. The minimum atomic E-state index is -0.241. The van der Waals surface area contributed by atoms with Gasteiger partial charge in [0, 0.05) is 29.8 Å². The Morgan fingerprint density at radius 3 is 2.25 bits per heavy atom. The third-order valence-corrected chi connectivity index (χ3v) is 5.09. The number of rotatable bonds is 3. The first-order chi connectivity index (χ1) is 13.4. The molecule has 2 atom stereocenters. The molecule has 1 saturated heterocycles. The number of nitrogens with zero attached hydrogens (tertiary/aromatic N) is 1. The summed E-state index contributed by atoms with van der Waals surface area (Å²) in [6.45, 7) is 5.52. The molecular weight excluding hydrogens is 356 g/mol. The second kappa shape index (κ2) is 7.30. The highest BCUT2D eigenvalue weighted by atomic mass is 16.5. The van der Waals surface area contributed by atoms with Gasteiger partial charge in [-0.2, -0.15) is 0 Å². The van der Waals surface area contributed by atoms with Crippen LogP contribution in [0.25, 0.3) is 0 Å². The van der Waals surface area contributed by atoms with Crippen LogP contribution in [0.1, 0.15) is 45.7 Å². The Balaban J connectivity index is 1.58. The highest BCUT2D eigenvalue weighted by Gasteiger charge is 2.32. The summed E-state index contributed by atoms with van der Waals surface area (Å²) in [4.78, 5) is 40.5. The van der Waals surface area contributed by atoms with Crippen LogP contribution in [-0.4, -0.2) is 54.2 Å². The number of anilines is 1. The van der Waals surface area contributed by atoms with E-state index in [-0.39, 0.29) is 41.8 Å². The van der Waals surface area contributed by atoms with Crippen LogP contribution < -0.4 is 5.32 Å². The summed E-state index contributed by atoms with van der Waals surface area (Å²) in [6, 6.07) is 11.8. The Hall–Kier alpha value is -2.83. The number of ketones is 2. The maximum atomic E-state index is 13.0. The van der Waals surface area contributed by atoms with Gasteiger partial charge in [-0.05, 0) is 19.9 Å². The first-order valence-corrected chi connectivity index (χ1v) is 9.43. The molecule has 0 aromatic heterocycles. The van der Waals surface area contributed by atoms with Crippen molar-refractivity contribution in [3.05, 3.63) is 64.7 Å². The maximum Gasteiger partial charge on any atom is 0.238 e. The number of nitrogens with one attached hydrogen (secondary N) is 1. The number of morpholine rings is 1. The predicted molar refractivity (Wildman–Crippen MR) is 105 cm³/mol. The van der Waals surface area contributed by atoms with Gasteiger partial charge in [-0.15, -0.1) is 0 Å². The summed E-state index contributed by atoms with van der Waals surface area (Å²) >= 11 is 0. The number of hydrogen-bond donors (Lipinski definition) is 1. The van der Waals surface area contributed by atoms with Crippen molar-refractivity contribution in [3.63, 3.8) is 0 Å². The molecule has 2 aromatic rings. The quantitative estimate of drug-likeness (QED) is 0.758. The number of amides is 1. The van der Waals surface area contributed by atoms with Gasteiger partial charge in [0.2, 0.25) is 5.91 Å². The first kappa shape index (κ1) is 18.5. The molecule has 0 radical (unpaired) electrons. The van der Waals surface area contributed by atoms with E-state index in [0.717, 1.165) is 0 Å². The van der Waals surface area contributed by atoms with E-state index < -0.39 is 0 Å². The standard InChI is InChI=1S/C22H22N2O4/c1-13-10-24(11-14(2)28-13)12-19(25)23-18-9-5-8-17-20(18)22(27)16-7-4-3-6-15(16)21(17)26/h3-9,13-14H,10-12H2,1-2H3,(H,23,25)/t13-,14+. The van der Waals surface area contributed by atoms with E-state index in [1.807, 2.05) is 18.7 Å². The summed E-state index contributed by atoms with van der Waals surface area (Å²) in [5, 5.41) is 2.83. The summed E-state index contributed by atoms with van der Waals surface area (Å²) in [5.74, 6) is -0.652. The fourth-order valence-corrected chi connectivity index (χ4v) is 4.06. The Kier molecular flexibility index (Phi) is 4.83. The first-order valence-electron chi connectivity index (χ1n) is 9.43. The molecule has 0 spiro atoms. The fraction of sp³-hybridized carbons (Fsp3) is 0.318. The molecule has 1 heterocycles. The van der Waals surface area contributed by atoms with Crippen molar-refractivity contribution in [2.45, 2.75) is 26.1 Å².